The van der Waals surface area contributed by atoms with E-state index < -0.39 is 0 Å². The number of benzene rings is 1. The molecular weight excluding hydrogens is 392 g/mol. The van der Waals surface area contributed by atoms with E-state index in [1.54, 1.807) is 18.3 Å². The maximum Gasteiger partial charge on any atom is 0.275 e. The van der Waals surface area contributed by atoms with Crippen LogP contribution in [0.1, 0.15) is 0 Å². The molecule has 0 fully saturated rings. The first kappa shape index (κ1) is 19.0. The van der Waals surface area contributed by atoms with Crippen LogP contribution in [0.4, 0.5) is 5.69 Å². The van der Waals surface area contributed by atoms with Crippen LogP contribution in [-0.4, -0.2) is 50.0 Å². The largest absolute Gasteiger partial charge is 0.493 e. The summed E-state index contributed by atoms with van der Waals surface area (Å²) >= 11 is 1.34. The van der Waals surface area contributed by atoms with Crippen molar-refractivity contribution in [1.29, 1.82) is 0 Å². The Morgan fingerprint density at radius 3 is 2.31 bits per heavy atom. The minimum Gasteiger partial charge on any atom is -0.493 e. The average molecular weight is 412 g/mol. The second-order valence-electron chi connectivity index (χ2n) is 6.49. The molecule has 3 heterocycles. The number of thiophene rings is 1. The van der Waals surface area contributed by atoms with Crippen molar-refractivity contribution in [1.82, 2.24) is 14.5 Å². The van der Waals surface area contributed by atoms with Crippen LogP contribution in [0.25, 0.3) is 26.1 Å². The minimum atomic E-state index is -0.183. The summed E-state index contributed by atoms with van der Waals surface area (Å²) in [6.07, 6.45) is 3.26. The first-order valence-electron chi connectivity index (χ1n) is 8.76. The summed E-state index contributed by atoms with van der Waals surface area (Å²) in [5, 5.41) is 0.881. The van der Waals surface area contributed by atoms with Gasteiger partial charge < -0.3 is 19.1 Å². The molecule has 0 radical (unpaired) electrons. The van der Waals surface area contributed by atoms with Gasteiger partial charge in [-0.05, 0) is 6.07 Å². The molecule has 0 amide bonds. The molecule has 0 N–H and O–H groups in total. The van der Waals surface area contributed by atoms with Crippen LogP contribution in [0.2, 0.25) is 0 Å². The van der Waals surface area contributed by atoms with Crippen LogP contribution in [0, 0.1) is 0 Å². The van der Waals surface area contributed by atoms with E-state index in [4.69, 9.17) is 14.2 Å². The Kier molecular flexibility index (Phi) is 4.75. The van der Waals surface area contributed by atoms with Crippen molar-refractivity contribution in [2.45, 2.75) is 0 Å². The lowest BCUT2D eigenvalue weighted by Gasteiger charge is -2.15. The van der Waals surface area contributed by atoms with E-state index in [0.29, 0.717) is 33.2 Å². The second-order valence-corrected chi connectivity index (χ2v) is 7.49. The fourth-order valence-electron chi connectivity index (χ4n) is 3.30. The van der Waals surface area contributed by atoms with Gasteiger partial charge in [0.05, 0.1) is 43.6 Å². The third kappa shape index (κ3) is 2.94. The predicted molar refractivity (Wildman–Crippen MR) is 115 cm³/mol. The quantitative estimate of drug-likeness (QED) is 0.498. The van der Waals surface area contributed by atoms with E-state index in [2.05, 4.69) is 9.97 Å². The normalized spacial score (nSPS) is 11.1. The molecule has 0 saturated carbocycles. The molecule has 0 aliphatic heterocycles. The van der Waals surface area contributed by atoms with Crippen LogP contribution in [0.15, 0.2) is 35.5 Å². The molecule has 0 saturated heterocycles. The number of hydrogen-bond donors (Lipinski definition) is 0. The average Bonchev–Trinajstić information content (AvgIpc) is 3.12. The molecule has 0 atom stereocenters. The molecule has 0 aliphatic carbocycles. The summed E-state index contributed by atoms with van der Waals surface area (Å²) in [6, 6.07) is 5.35. The number of hydrogen-bond acceptors (Lipinski definition) is 8. The monoisotopic (exact) mass is 412 g/mol. The zero-order chi connectivity index (χ0) is 20.7. The van der Waals surface area contributed by atoms with E-state index in [0.717, 1.165) is 15.9 Å². The highest BCUT2D eigenvalue weighted by Gasteiger charge is 2.19. The molecule has 0 spiro atoms. The SMILES string of the molecule is COc1cc(-n2cnc3c(sc4nccc(N(C)C)c43)c2=O)cc(OC)c1OC. The number of fused-ring (bicyclic) bond motifs is 3. The van der Waals surface area contributed by atoms with E-state index >= 15 is 0 Å². The Balaban J connectivity index is 2.00. The van der Waals surface area contributed by atoms with Crippen LogP contribution < -0.4 is 24.7 Å². The van der Waals surface area contributed by atoms with Gasteiger partial charge in [0.15, 0.2) is 11.5 Å². The summed E-state index contributed by atoms with van der Waals surface area (Å²) < 4.78 is 18.2. The fourth-order valence-corrected chi connectivity index (χ4v) is 4.35. The lowest BCUT2D eigenvalue weighted by Crippen LogP contribution is -2.18. The number of rotatable bonds is 5. The van der Waals surface area contributed by atoms with Crippen molar-refractivity contribution in [2.75, 3.05) is 40.3 Å². The third-order valence-electron chi connectivity index (χ3n) is 4.67. The summed E-state index contributed by atoms with van der Waals surface area (Å²) in [5.41, 5.74) is 2.00. The minimum absolute atomic E-state index is 0.183. The van der Waals surface area contributed by atoms with Crippen LogP contribution >= 0.6 is 11.3 Å². The maximum atomic E-state index is 13.3. The molecule has 0 aliphatic rings. The highest BCUT2D eigenvalue weighted by atomic mass is 32.1. The van der Waals surface area contributed by atoms with E-state index in [1.165, 1.54) is 43.6 Å². The first-order chi connectivity index (χ1) is 14.0. The zero-order valence-corrected chi connectivity index (χ0v) is 17.5. The van der Waals surface area contributed by atoms with E-state index in [1.807, 2.05) is 25.1 Å². The molecular formula is C20H20N4O4S. The van der Waals surface area contributed by atoms with Crippen LogP contribution in [-0.2, 0) is 0 Å². The number of pyridine rings is 1. The molecule has 0 bridgehead atoms. The molecule has 8 nitrogen and oxygen atoms in total. The van der Waals surface area contributed by atoms with E-state index in [9.17, 15) is 4.79 Å². The number of methoxy groups -OCH3 is 3. The molecule has 150 valence electrons. The van der Waals surface area contributed by atoms with Crippen molar-refractivity contribution in [3.05, 3.63) is 41.1 Å². The lowest BCUT2D eigenvalue weighted by atomic mass is 10.2. The Hall–Kier alpha value is -3.33. The maximum absolute atomic E-state index is 13.3. The predicted octanol–water partition coefficient (Wildman–Crippen LogP) is 3.09. The summed E-state index contributed by atoms with van der Waals surface area (Å²) in [7, 11) is 8.51. The smallest absolute Gasteiger partial charge is 0.275 e. The lowest BCUT2D eigenvalue weighted by molar-refractivity contribution is 0.324. The van der Waals surface area contributed by atoms with Gasteiger partial charge in [-0.25, -0.2) is 9.97 Å². The molecule has 3 aromatic heterocycles. The number of anilines is 1. The highest BCUT2D eigenvalue weighted by molar-refractivity contribution is 7.25. The Bertz CT molecular complexity index is 1250. The molecule has 29 heavy (non-hydrogen) atoms. The van der Waals surface area contributed by atoms with Crippen molar-refractivity contribution in [2.24, 2.45) is 0 Å². The van der Waals surface area contributed by atoms with Crippen molar-refractivity contribution >= 4 is 37.5 Å². The van der Waals surface area contributed by atoms with Crippen molar-refractivity contribution in [3.63, 3.8) is 0 Å². The van der Waals surface area contributed by atoms with Gasteiger partial charge >= 0.3 is 0 Å². The molecule has 4 aromatic rings. The Labute approximate surface area is 170 Å². The van der Waals surface area contributed by atoms with Crippen LogP contribution in [0.5, 0.6) is 17.2 Å². The van der Waals surface area contributed by atoms with Gasteiger partial charge in [-0.15, -0.1) is 11.3 Å². The summed E-state index contributed by atoms with van der Waals surface area (Å²) in [4.78, 5) is 25.1. The van der Waals surface area contributed by atoms with Crippen molar-refractivity contribution in [3.8, 4) is 22.9 Å². The van der Waals surface area contributed by atoms with Gasteiger partial charge in [0.2, 0.25) is 5.75 Å². The van der Waals surface area contributed by atoms with Gasteiger partial charge in [-0.2, -0.15) is 0 Å². The number of aromatic nitrogens is 3. The Morgan fingerprint density at radius 1 is 1.03 bits per heavy atom. The molecule has 0 unspecified atom stereocenters. The standard InChI is InChI=1S/C20H20N4O4S/c1-23(2)12-6-7-21-19-15(12)16-18(29-19)20(25)24(10-22-16)11-8-13(26-3)17(28-5)14(9-11)27-4/h6-10H,1-5H3. The zero-order valence-electron chi connectivity index (χ0n) is 16.7. The van der Waals surface area contributed by atoms with Gasteiger partial charge in [0.1, 0.15) is 15.9 Å². The number of ether oxygens (including phenoxy) is 3. The van der Waals surface area contributed by atoms with Gasteiger partial charge in [0.25, 0.3) is 5.56 Å². The van der Waals surface area contributed by atoms with Gasteiger partial charge in [0, 0.05) is 32.4 Å². The first-order valence-corrected chi connectivity index (χ1v) is 9.58. The highest BCUT2D eigenvalue weighted by Crippen LogP contribution is 2.39. The topological polar surface area (TPSA) is 78.7 Å². The fraction of sp³-hybridized carbons (Fsp3) is 0.250. The van der Waals surface area contributed by atoms with Crippen LogP contribution in [0.3, 0.4) is 0 Å². The third-order valence-corrected chi connectivity index (χ3v) is 5.74. The molecule has 1 aromatic carbocycles. The van der Waals surface area contributed by atoms with E-state index in [-0.39, 0.29) is 5.56 Å². The van der Waals surface area contributed by atoms with Crippen molar-refractivity contribution < 1.29 is 14.2 Å². The number of nitrogens with zero attached hydrogens (tertiary/aromatic N) is 4. The Morgan fingerprint density at radius 2 is 1.72 bits per heavy atom. The summed E-state index contributed by atoms with van der Waals surface area (Å²) in [5.74, 6) is 1.38. The van der Waals surface area contributed by atoms with Gasteiger partial charge in [-0.3, -0.25) is 9.36 Å². The molecule has 9 heteroatoms. The molecule has 4 rings (SSSR count). The summed E-state index contributed by atoms with van der Waals surface area (Å²) in [6.45, 7) is 0. The second kappa shape index (κ2) is 7.25. The van der Waals surface area contributed by atoms with Gasteiger partial charge in [-0.1, -0.05) is 0 Å².